The van der Waals surface area contributed by atoms with Crippen LogP contribution in [-0.4, -0.2) is 8.42 Å². The summed E-state index contributed by atoms with van der Waals surface area (Å²) in [7, 11) is -4.09. The molecule has 0 heterocycles. The SMILES string of the molecule is Nc1cc(Br)ccc1NS(=O)(=O)c1ccc(Cl)c(F)c1Cl. The minimum atomic E-state index is -4.09. The molecule has 0 saturated heterocycles. The molecule has 0 aliphatic heterocycles. The van der Waals surface area contributed by atoms with Crippen LogP contribution in [0.15, 0.2) is 39.7 Å². The molecule has 0 aliphatic rings. The standard InChI is InChI=1S/C12H8BrCl2FN2O2S/c13-6-1-3-9(8(17)5-6)18-21(19,20)10-4-2-7(14)12(16)11(10)15/h1-5,18H,17H2. The number of hydrogen-bond donors (Lipinski definition) is 2. The van der Waals surface area contributed by atoms with E-state index < -0.39 is 25.8 Å². The van der Waals surface area contributed by atoms with Crippen LogP contribution in [0.25, 0.3) is 0 Å². The Hall–Kier alpha value is -1.02. The lowest BCUT2D eigenvalue weighted by molar-refractivity contribution is 0.595. The Morgan fingerprint density at radius 2 is 1.86 bits per heavy atom. The first kappa shape index (κ1) is 16.4. The van der Waals surface area contributed by atoms with Gasteiger partial charge in [0.15, 0.2) is 5.82 Å². The van der Waals surface area contributed by atoms with Crippen molar-refractivity contribution < 1.29 is 12.8 Å². The first-order chi connectivity index (χ1) is 9.72. The molecule has 0 radical (unpaired) electrons. The summed E-state index contributed by atoms with van der Waals surface area (Å²) in [6.45, 7) is 0. The van der Waals surface area contributed by atoms with E-state index in [9.17, 15) is 12.8 Å². The lowest BCUT2D eigenvalue weighted by Gasteiger charge is -2.12. The molecule has 2 aromatic carbocycles. The molecule has 0 spiro atoms. The second kappa shape index (κ2) is 6.00. The third-order valence-corrected chi connectivity index (χ3v) is 5.22. The Balaban J connectivity index is 2.46. The average molecular weight is 414 g/mol. The van der Waals surface area contributed by atoms with Gasteiger partial charge in [0.2, 0.25) is 0 Å². The lowest BCUT2D eigenvalue weighted by Crippen LogP contribution is -2.15. The third kappa shape index (κ3) is 3.42. The van der Waals surface area contributed by atoms with E-state index in [2.05, 4.69) is 20.7 Å². The molecule has 21 heavy (non-hydrogen) atoms. The summed E-state index contributed by atoms with van der Waals surface area (Å²) in [4.78, 5) is -0.423. The normalized spacial score (nSPS) is 11.4. The molecule has 0 aliphatic carbocycles. The van der Waals surface area contributed by atoms with Gasteiger partial charge in [-0.15, -0.1) is 0 Å². The Bertz CT molecular complexity index is 815. The zero-order valence-electron chi connectivity index (χ0n) is 10.2. The Kier molecular flexibility index (Phi) is 4.67. The van der Waals surface area contributed by atoms with Crippen molar-refractivity contribution in [2.24, 2.45) is 0 Å². The maximum absolute atomic E-state index is 13.6. The maximum atomic E-state index is 13.6. The first-order valence-electron chi connectivity index (χ1n) is 5.43. The Morgan fingerprint density at radius 3 is 2.48 bits per heavy atom. The zero-order valence-corrected chi connectivity index (χ0v) is 14.1. The van der Waals surface area contributed by atoms with Gasteiger partial charge in [-0.1, -0.05) is 39.1 Å². The van der Waals surface area contributed by atoms with E-state index >= 15 is 0 Å². The van der Waals surface area contributed by atoms with Gasteiger partial charge in [-0.05, 0) is 30.3 Å². The van der Waals surface area contributed by atoms with Gasteiger partial charge >= 0.3 is 0 Å². The molecule has 0 saturated carbocycles. The van der Waals surface area contributed by atoms with Gasteiger partial charge in [0.25, 0.3) is 10.0 Å². The minimum absolute atomic E-state index is 0.157. The van der Waals surface area contributed by atoms with E-state index in [-0.39, 0.29) is 16.4 Å². The summed E-state index contributed by atoms with van der Waals surface area (Å²) in [5.41, 5.74) is 6.08. The second-order valence-corrected chi connectivity index (χ2v) is 7.36. The number of nitrogens with one attached hydrogen (secondary N) is 1. The second-order valence-electron chi connectivity index (χ2n) is 4.01. The zero-order chi connectivity index (χ0) is 15.8. The number of rotatable bonds is 3. The fourth-order valence-electron chi connectivity index (χ4n) is 1.54. The number of nitrogens with two attached hydrogens (primary N) is 1. The van der Waals surface area contributed by atoms with Crippen LogP contribution in [0.2, 0.25) is 10.0 Å². The van der Waals surface area contributed by atoms with Crippen molar-refractivity contribution in [2.45, 2.75) is 4.90 Å². The van der Waals surface area contributed by atoms with Crippen molar-refractivity contribution in [3.05, 3.63) is 50.7 Å². The fourth-order valence-corrected chi connectivity index (χ4v) is 3.75. The molecular weight excluding hydrogens is 406 g/mol. The monoisotopic (exact) mass is 412 g/mol. The van der Waals surface area contributed by atoms with Gasteiger partial charge in [-0.25, -0.2) is 12.8 Å². The predicted molar refractivity (Wildman–Crippen MR) is 85.8 cm³/mol. The van der Waals surface area contributed by atoms with Gasteiger partial charge in [0.05, 0.1) is 21.4 Å². The summed E-state index contributed by atoms with van der Waals surface area (Å²) in [6.07, 6.45) is 0. The van der Waals surface area contributed by atoms with Crippen molar-refractivity contribution in [1.29, 1.82) is 0 Å². The van der Waals surface area contributed by atoms with Crippen molar-refractivity contribution in [3.63, 3.8) is 0 Å². The molecule has 2 rings (SSSR count). The Labute approximate surface area is 139 Å². The largest absolute Gasteiger partial charge is 0.397 e. The van der Waals surface area contributed by atoms with Crippen molar-refractivity contribution in [2.75, 3.05) is 10.5 Å². The maximum Gasteiger partial charge on any atom is 0.263 e. The van der Waals surface area contributed by atoms with Gasteiger partial charge in [-0.3, -0.25) is 4.72 Å². The number of hydrogen-bond acceptors (Lipinski definition) is 3. The number of halogens is 4. The average Bonchev–Trinajstić information content (AvgIpc) is 2.39. The van der Waals surface area contributed by atoms with E-state index in [4.69, 9.17) is 28.9 Å². The lowest BCUT2D eigenvalue weighted by atomic mass is 10.3. The fraction of sp³-hybridized carbons (Fsp3) is 0. The van der Waals surface area contributed by atoms with Crippen molar-refractivity contribution in [1.82, 2.24) is 0 Å². The number of anilines is 2. The molecule has 0 unspecified atom stereocenters. The quantitative estimate of drug-likeness (QED) is 0.582. The van der Waals surface area contributed by atoms with E-state index in [1.807, 2.05) is 0 Å². The molecule has 3 N–H and O–H groups in total. The van der Waals surface area contributed by atoms with E-state index in [1.165, 1.54) is 12.1 Å². The molecule has 0 fully saturated rings. The molecule has 112 valence electrons. The van der Waals surface area contributed by atoms with Crippen LogP contribution in [0.3, 0.4) is 0 Å². The van der Waals surface area contributed by atoms with E-state index in [0.29, 0.717) is 4.47 Å². The van der Waals surface area contributed by atoms with Crippen LogP contribution in [0, 0.1) is 5.82 Å². The summed E-state index contributed by atoms with van der Waals surface area (Å²) in [6, 6.07) is 6.84. The summed E-state index contributed by atoms with van der Waals surface area (Å²) >= 11 is 14.4. The van der Waals surface area contributed by atoms with Crippen molar-refractivity contribution >= 4 is 60.5 Å². The molecule has 0 bridgehead atoms. The highest BCUT2D eigenvalue weighted by atomic mass is 79.9. The highest BCUT2D eigenvalue weighted by Gasteiger charge is 2.22. The third-order valence-electron chi connectivity index (χ3n) is 2.55. The van der Waals surface area contributed by atoms with Crippen molar-refractivity contribution in [3.8, 4) is 0 Å². The van der Waals surface area contributed by atoms with Crippen LogP contribution in [0.5, 0.6) is 0 Å². The van der Waals surface area contributed by atoms with Crippen LogP contribution < -0.4 is 10.5 Å². The summed E-state index contributed by atoms with van der Waals surface area (Å²) in [5.74, 6) is -0.995. The van der Waals surface area contributed by atoms with Gasteiger partial charge in [-0.2, -0.15) is 0 Å². The van der Waals surface area contributed by atoms with Crippen LogP contribution >= 0.6 is 39.1 Å². The molecule has 0 aromatic heterocycles. The van der Waals surface area contributed by atoms with E-state index in [1.54, 1.807) is 6.07 Å². The summed E-state index contributed by atoms with van der Waals surface area (Å²) in [5, 5.41) is -0.840. The van der Waals surface area contributed by atoms with Gasteiger partial charge in [0.1, 0.15) is 4.90 Å². The first-order valence-corrected chi connectivity index (χ1v) is 8.47. The molecule has 2 aromatic rings. The number of nitrogen functional groups attached to an aromatic ring is 1. The topological polar surface area (TPSA) is 72.2 Å². The van der Waals surface area contributed by atoms with Crippen LogP contribution in [0.4, 0.5) is 15.8 Å². The molecular formula is C12H8BrCl2FN2O2S. The molecule has 9 heteroatoms. The van der Waals surface area contributed by atoms with Gasteiger partial charge < -0.3 is 5.73 Å². The Morgan fingerprint density at radius 1 is 1.19 bits per heavy atom. The molecule has 0 atom stereocenters. The van der Waals surface area contributed by atoms with Gasteiger partial charge in [0, 0.05) is 4.47 Å². The minimum Gasteiger partial charge on any atom is -0.397 e. The molecule has 0 amide bonds. The smallest absolute Gasteiger partial charge is 0.263 e. The van der Waals surface area contributed by atoms with Crippen LogP contribution in [0.1, 0.15) is 0 Å². The number of sulfonamides is 1. The predicted octanol–water partition coefficient (Wildman–Crippen LogP) is 4.28. The highest BCUT2D eigenvalue weighted by molar-refractivity contribution is 9.10. The summed E-state index contributed by atoms with van der Waals surface area (Å²) < 4.78 is 41.0. The highest BCUT2D eigenvalue weighted by Crippen LogP contribution is 2.32. The molecule has 4 nitrogen and oxygen atoms in total. The number of benzene rings is 2. The van der Waals surface area contributed by atoms with E-state index in [0.717, 1.165) is 12.1 Å². The van der Waals surface area contributed by atoms with Crippen LogP contribution in [-0.2, 0) is 10.0 Å².